The van der Waals surface area contributed by atoms with Gasteiger partial charge in [-0.2, -0.15) is 13.2 Å². The lowest BCUT2D eigenvalue weighted by atomic mass is 9.89. The Morgan fingerprint density at radius 1 is 1.39 bits per heavy atom. The molecule has 106 valence electrons. The van der Waals surface area contributed by atoms with E-state index < -0.39 is 30.2 Å². The second-order valence-corrected chi connectivity index (χ2v) is 5.09. The van der Waals surface area contributed by atoms with Crippen LogP contribution in [0.5, 0.6) is 0 Å². The van der Waals surface area contributed by atoms with Crippen molar-refractivity contribution >= 4 is 5.91 Å². The summed E-state index contributed by atoms with van der Waals surface area (Å²) >= 11 is 0. The summed E-state index contributed by atoms with van der Waals surface area (Å²) in [6.45, 7) is 3.05. The van der Waals surface area contributed by atoms with Crippen molar-refractivity contribution in [2.75, 3.05) is 13.1 Å². The number of hydrogen-bond acceptors (Lipinski definition) is 3. The number of piperidine rings is 1. The molecule has 0 radical (unpaired) electrons. The second kappa shape index (κ2) is 4.70. The first kappa shape index (κ1) is 15.2. The van der Waals surface area contributed by atoms with Crippen molar-refractivity contribution in [3.63, 3.8) is 0 Å². The molecular formula is C11H19F3N2O2. The Labute approximate surface area is 104 Å². The van der Waals surface area contributed by atoms with Gasteiger partial charge in [-0.3, -0.25) is 4.79 Å². The van der Waals surface area contributed by atoms with E-state index in [1.54, 1.807) is 13.8 Å². The van der Waals surface area contributed by atoms with Crippen LogP contribution in [0.4, 0.5) is 13.2 Å². The van der Waals surface area contributed by atoms with Crippen molar-refractivity contribution in [2.45, 2.75) is 50.4 Å². The molecule has 4 nitrogen and oxygen atoms in total. The van der Waals surface area contributed by atoms with Crippen molar-refractivity contribution in [1.82, 2.24) is 4.90 Å². The summed E-state index contributed by atoms with van der Waals surface area (Å²) in [5.74, 6) is -0.366. The molecule has 3 N–H and O–H groups in total. The topological polar surface area (TPSA) is 66.6 Å². The maximum atomic E-state index is 12.6. The summed E-state index contributed by atoms with van der Waals surface area (Å²) < 4.78 is 37.7. The Morgan fingerprint density at radius 2 is 1.83 bits per heavy atom. The Hall–Kier alpha value is -0.820. The number of carbonyl (C=O) groups excluding carboxylic acids is 1. The summed E-state index contributed by atoms with van der Waals surface area (Å²) in [5.41, 5.74) is 2.03. The SMILES string of the molecule is CCC(C)(N)C(=O)N1CCC(O)(C(F)(F)F)CC1. The van der Waals surface area contributed by atoms with Gasteiger partial charge in [0, 0.05) is 25.9 Å². The van der Waals surface area contributed by atoms with Crippen LogP contribution in [0.15, 0.2) is 0 Å². The molecule has 7 heteroatoms. The van der Waals surface area contributed by atoms with Crippen molar-refractivity contribution in [2.24, 2.45) is 5.73 Å². The average Bonchev–Trinajstić information content (AvgIpc) is 2.27. The minimum absolute atomic E-state index is 0.123. The highest BCUT2D eigenvalue weighted by atomic mass is 19.4. The third-order valence-electron chi connectivity index (χ3n) is 3.63. The highest BCUT2D eigenvalue weighted by Crippen LogP contribution is 2.38. The minimum atomic E-state index is -4.65. The number of nitrogens with zero attached hydrogens (tertiary/aromatic N) is 1. The molecule has 1 atom stereocenters. The third kappa shape index (κ3) is 2.77. The first-order valence-electron chi connectivity index (χ1n) is 5.91. The lowest BCUT2D eigenvalue weighted by molar-refractivity contribution is -0.272. The number of alkyl halides is 3. The van der Waals surface area contributed by atoms with E-state index >= 15 is 0 Å². The molecule has 1 heterocycles. The number of nitrogens with two attached hydrogens (primary N) is 1. The summed E-state index contributed by atoms with van der Waals surface area (Å²) in [6.07, 6.45) is -5.24. The number of rotatable bonds is 2. The molecule has 18 heavy (non-hydrogen) atoms. The van der Waals surface area contributed by atoms with E-state index in [-0.39, 0.29) is 19.0 Å². The molecule has 0 aromatic carbocycles. The number of amides is 1. The van der Waals surface area contributed by atoms with Gasteiger partial charge in [0.1, 0.15) is 0 Å². The molecule has 1 aliphatic rings. The standard InChI is InChI=1S/C11H19F3N2O2/c1-3-9(2,15)8(17)16-6-4-10(18,5-7-16)11(12,13)14/h18H,3-7,15H2,1-2H3. The normalized spacial score (nSPS) is 23.6. The molecule has 1 amide bonds. The molecule has 0 bridgehead atoms. The first-order valence-corrected chi connectivity index (χ1v) is 5.91. The van der Waals surface area contributed by atoms with Gasteiger partial charge in [0.05, 0.1) is 5.54 Å². The largest absolute Gasteiger partial charge is 0.417 e. The number of likely N-dealkylation sites (tertiary alicyclic amines) is 1. The number of hydrogen-bond donors (Lipinski definition) is 2. The van der Waals surface area contributed by atoms with Crippen LogP contribution in [0.25, 0.3) is 0 Å². The Kier molecular flexibility index (Phi) is 3.97. The summed E-state index contributed by atoms with van der Waals surface area (Å²) in [7, 11) is 0. The summed E-state index contributed by atoms with van der Waals surface area (Å²) in [5, 5.41) is 9.47. The summed E-state index contributed by atoms with van der Waals surface area (Å²) in [6, 6.07) is 0. The quantitative estimate of drug-likeness (QED) is 0.786. The fourth-order valence-electron chi connectivity index (χ4n) is 1.88. The van der Waals surface area contributed by atoms with Crippen LogP contribution in [-0.2, 0) is 4.79 Å². The summed E-state index contributed by atoms with van der Waals surface area (Å²) in [4.78, 5) is 13.2. The van der Waals surface area contributed by atoms with E-state index in [1.807, 2.05) is 0 Å². The monoisotopic (exact) mass is 268 g/mol. The molecule has 1 aliphatic heterocycles. The van der Waals surface area contributed by atoms with Crippen LogP contribution >= 0.6 is 0 Å². The zero-order valence-electron chi connectivity index (χ0n) is 10.5. The predicted molar refractivity (Wildman–Crippen MR) is 59.7 cm³/mol. The molecule has 1 saturated heterocycles. The van der Waals surface area contributed by atoms with Crippen LogP contribution in [0, 0.1) is 0 Å². The van der Waals surface area contributed by atoms with Gasteiger partial charge < -0.3 is 15.7 Å². The highest BCUT2D eigenvalue weighted by Gasteiger charge is 2.55. The van der Waals surface area contributed by atoms with Crippen molar-refractivity contribution in [1.29, 1.82) is 0 Å². The lowest BCUT2D eigenvalue weighted by Gasteiger charge is -2.41. The average molecular weight is 268 g/mol. The van der Waals surface area contributed by atoms with Crippen LogP contribution in [0.1, 0.15) is 33.1 Å². The van der Waals surface area contributed by atoms with E-state index in [9.17, 15) is 23.1 Å². The van der Waals surface area contributed by atoms with Crippen LogP contribution in [0.2, 0.25) is 0 Å². The van der Waals surface area contributed by atoms with Gasteiger partial charge in [-0.05, 0) is 13.3 Å². The smallest absolute Gasteiger partial charge is 0.380 e. The predicted octanol–water partition coefficient (Wildman–Crippen LogP) is 1.03. The zero-order valence-corrected chi connectivity index (χ0v) is 10.5. The molecule has 0 aromatic heterocycles. The third-order valence-corrected chi connectivity index (χ3v) is 3.63. The fraction of sp³-hybridized carbons (Fsp3) is 0.909. The van der Waals surface area contributed by atoms with Gasteiger partial charge in [0.15, 0.2) is 5.60 Å². The number of carbonyl (C=O) groups is 1. The molecule has 1 fully saturated rings. The van der Waals surface area contributed by atoms with Crippen LogP contribution < -0.4 is 5.73 Å². The van der Waals surface area contributed by atoms with Gasteiger partial charge >= 0.3 is 6.18 Å². The zero-order chi connectivity index (χ0) is 14.2. The van der Waals surface area contributed by atoms with Gasteiger partial charge in [-0.1, -0.05) is 6.92 Å². The van der Waals surface area contributed by atoms with E-state index in [1.165, 1.54) is 4.90 Å². The highest BCUT2D eigenvalue weighted by molar-refractivity contribution is 5.85. The molecule has 0 aromatic rings. The van der Waals surface area contributed by atoms with E-state index in [4.69, 9.17) is 5.73 Å². The van der Waals surface area contributed by atoms with E-state index in [2.05, 4.69) is 0 Å². The fourth-order valence-corrected chi connectivity index (χ4v) is 1.88. The van der Waals surface area contributed by atoms with Crippen molar-refractivity contribution < 1.29 is 23.1 Å². The van der Waals surface area contributed by atoms with Crippen LogP contribution in [0.3, 0.4) is 0 Å². The lowest BCUT2D eigenvalue weighted by Crippen LogP contribution is -2.59. The maximum Gasteiger partial charge on any atom is 0.417 e. The van der Waals surface area contributed by atoms with E-state index in [0.717, 1.165) is 0 Å². The molecule has 1 unspecified atom stereocenters. The van der Waals surface area contributed by atoms with Gasteiger partial charge in [-0.25, -0.2) is 0 Å². The first-order chi connectivity index (χ1) is 8.03. The molecule has 1 rings (SSSR count). The second-order valence-electron chi connectivity index (χ2n) is 5.09. The molecular weight excluding hydrogens is 249 g/mol. The number of aliphatic hydroxyl groups is 1. The van der Waals surface area contributed by atoms with Gasteiger partial charge in [-0.15, -0.1) is 0 Å². The molecule has 0 spiro atoms. The van der Waals surface area contributed by atoms with Crippen molar-refractivity contribution in [3.05, 3.63) is 0 Å². The van der Waals surface area contributed by atoms with Gasteiger partial charge in [0.25, 0.3) is 0 Å². The number of halogens is 3. The van der Waals surface area contributed by atoms with Gasteiger partial charge in [0.2, 0.25) is 5.91 Å². The Balaban J connectivity index is 2.68. The molecule has 0 saturated carbocycles. The maximum absolute atomic E-state index is 12.6. The minimum Gasteiger partial charge on any atom is -0.380 e. The van der Waals surface area contributed by atoms with E-state index in [0.29, 0.717) is 6.42 Å². The Bertz CT molecular complexity index is 321. The Morgan fingerprint density at radius 3 is 2.17 bits per heavy atom. The molecule has 0 aliphatic carbocycles. The van der Waals surface area contributed by atoms with Crippen molar-refractivity contribution in [3.8, 4) is 0 Å². The van der Waals surface area contributed by atoms with Crippen LogP contribution in [-0.4, -0.2) is 46.3 Å².